The second kappa shape index (κ2) is 5.39. The number of aryl methyl sites for hydroxylation is 1. The second-order valence-electron chi connectivity index (χ2n) is 5.83. The molecule has 22 heavy (non-hydrogen) atoms. The molecule has 0 saturated heterocycles. The topological polar surface area (TPSA) is 67.0 Å². The van der Waals surface area contributed by atoms with Crippen molar-refractivity contribution >= 4 is 15.6 Å². The highest BCUT2D eigenvalue weighted by atomic mass is 32.2. The molecule has 1 aliphatic rings. The second-order valence-corrected chi connectivity index (χ2v) is 7.86. The Morgan fingerprint density at radius 3 is 2.55 bits per heavy atom. The van der Waals surface area contributed by atoms with Gasteiger partial charge in [-0.1, -0.05) is 32.0 Å². The maximum Gasteiger partial charge on any atom is 0.192 e. The lowest BCUT2D eigenvalue weighted by Crippen LogP contribution is -2.28. The standard InChI is InChI=1S/C17H19NO3S/c1-3-12-10-14-16(18-12)11(2)9-15(19)17(14)22(20,21)13-7-5-4-6-8-13/h4-8,10-11,17-18H,3,9H2,1-2H3. The Kier molecular flexibility index (Phi) is 3.68. The summed E-state index contributed by atoms with van der Waals surface area (Å²) in [7, 11) is -3.71. The number of ketones is 1. The van der Waals surface area contributed by atoms with Crippen molar-refractivity contribution in [1.82, 2.24) is 4.98 Å². The van der Waals surface area contributed by atoms with Gasteiger partial charge in [0.15, 0.2) is 20.9 Å². The molecule has 5 heteroatoms. The molecule has 2 unspecified atom stereocenters. The van der Waals surface area contributed by atoms with Crippen LogP contribution in [0.4, 0.5) is 0 Å². The van der Waals surface area contributed by atoms with Crippen LogP contribution in [0.25, 0.3) is 0 Å². The highest BCUT2D eigenvalue weighted by molar-refractivity contribution is 7.92. The molecule has 2 aromatic rings. The van der Waals surface area contributed by atoms with E-state index in [9.17, 15) is 13.2 Å². The lowest BCUT2D eigenvalue weighted by atomic mass is 9.88. The lowest BCUT2D eigenvalue weighted by molar-refractivity contribution is -0.119. The summed E-state index contributed by atoms with van der Waals surface area (Å²) in [6.45, 7) is 3.96. The molecular weight excluding hydrogens is 298 g/mol. The summed E-state index contributed by atoms with van der Waals surface area (Å²) in [6, 6.07) is 10.1. The summed E-state index contributed by atoms with van der Waals surface area (Å²) in [5, 5.41) is -1.09. The molecule has 1 heterocycles. The molecule has 0 aliphatic heterocycles. The van der Waals surface area contributed by atoms with Crippen LogP contribution in [0.1, 0.15) is 48.4 Å². The first-order valence-corrected chi connectivity index (χ1v) is 9.03. The fourth-order valence-corrected chi connectivity index (χ4v) is 4.91. The molecule has 1 aliphatic carbocycles. The number of aromatic amines is 1. The van der Waals surface area contributed by atoms with Gasteiger partial charge in [-0.05, 0) is 30.2 Å². The van der Waals surface area contributed by atoms with Gasteiger partial charge in [-0.15, -0.1) is 0 Å². The Balaban J connectivity index is 2.17. The van der Waals surface area contributed by atoms with E-state index < -0.39 is 15.1 Å². The van der Waals surface area contributed by atoms with Gasteiger partial charge in [-0.3, -0.25) is 4.79 Å². The summed E-state index contributed by atoms with van der Waals surface area (Å²) in [5.41, 5.74) is 2.49. The first-order valence-electron chi connectivity index (χ1n) is 7.48. The maximum atomic E-state index is 12.9. The van der Waals surface area contributed by atoms with Gasteiger partial charge in [-0.25, -0.2) is 8.42 Å². The molecule has 2 atom stereocenters. The molecule has 1 N–H and O–H groups in total. The summed E-state index contributed by atoms with van der Waals surface area (Å²) in [5.74, 6) is -0.185. The Morgan fingerprint density at radius 2 is 1.91 bits per heavy atom. The Labute approximate surface area is 130 Å². The third-order valence-corrected chi connectivity index (χ3v) is 6.34. The van der Waals surface area contributed by atoms with Gasteiger partial charge >= 0.3 is 0 Å². The Hall–Kier alpha value is -1.88. The van der Waals surface area contributed by atoms with Crippen LogP contribution in [-0.2, 0) is 21.1 Å². The zero-order valence-corrected chi connectivity index (χ0v) is 13.5. The number of fused-ring (bicyclic) bond motifs is 1. The lowest BCUT2D eigenvalue weighted by Gasteiger charge is -2.25. The van der Waals surface area contributed by atoms with Gasteiger partial charge < -0.3 is 4.98 Å². The molecular formula is C17H19NO3S. The predicted molar refractivity (Wildman–Crippen MR) is 84.6 cm³/mol. The minimum absolute atomic E-state index is 0.0324. The van der Waals surface area contributed by atoms with Crippen LogP contribution in [0.5, 0.6) is 0 Å². The van der Waals surface area contributed by atoms with E-state index in [4.69, 9.17) is 0 Å². The van der Waals surface area contributed by atoms with Crippen molar-refractivity contribution in [2.75, 3.05) is 0 Å². The van der Waals surface area contributed by atoms with Crippen molar-refractivity contribution < 1.29 is 13.2 Å². The number of aromatic nitrogens is 1. The van der Waals surface area contributed by atoms with E-state index >= 15 is 0 Å². The van der Waals surface area contributed by atoms with Crippen molar-refractivity contribution in [1.29, 1.82) is 0 Å². The molecule has 116 valence electrons. The van der Waals surface area contributed by atoms with E-state index in [-0.39, 0.29) is 23.0 Å². The summed E-state index contributed by atoms with van der Waals surface area (Å²) in [6.07, 6.45) is 1.04. The van der Waals surface area contributed by atoms with Gasteiger partial charge in [0.2, 0.25) is 0 Å². The van der Waals surface area contributed by atoms with E-state index in [0.717, 1.165) is 17.8 Å². The first kappa shape index (κ1) is 15.0. The van der Waals surface area contributed by atoms with E-state index in [1.807, 2.05) is 19.9 Å². The van der Waals surface area contributed by atoms with Crippen LogP contribution in [-0.4, -0.2) is 19.2 Å². The number of hydrogen-bond donors (Lipinski definition) is 1. The number of benzene rings is 1. The average Bonchev–Trinajstić information content (AvgIpc) is 2.92. The number of sulfone groups is 1. The van der Waals surface area contributed by atoms with Crippen molar-refractivity contribution in [3.05, 3.63) is 53.3 Å². The molecule has 0 bridgehead atoms. The van der Waals surface area contributed by atoms with Crippen molar-refractivity contribution in [2.45, 2.75) is 42.8 Å². The highest BCUT2D eigenvalue weighted by Crippen LogP contribution is 2.41. The van der Waals surface area contributed by atoms with Crippen LogP contribution < -0.4 is 0 Å². The van der Waals surface area contributed by atoms with Crippen molar-refractivity contribution in [3.8, 4) is 0 Å². The normalized spacial score (nSPS) is 21.6. The number of Topliss-reactive ketones (excluding diaryl/α,β-unsaturated/α-hetero) is 1. The Bertz CT molecular complexity index is 806. The quantitative estimate of drug-likeness (QED) is 0.945. The maximum absolute atomic E-state index is 12.9. The third-order valence-electron chi connectivity index (χ3n) is 4.27. The number of rotatable bonds is 3. The minimum atomic E-state index is -3.71. The minimum Gasteiger partial charge on any atom is -0.362 e. The van der Waals surface area contributed by atoms with Gasteiger partial charge in [0.1, 0.15) is 0 Å². The molecule has 1 aromatic heterocycles. The summed E-state index contributed by atoms with van der Waals surface area (Å²) >= 11 is 0. The van der Waals surface area contributed by atoms with Crippen LogP contribution in [0.3, 0.4) is 0 Å². The monoisotopic (exact) mass is 317 g/mol. The number of H-pyrrole nitrogens is 1. The highest BCUT2D eigenvalue weighted by Gasteiger charge is 2.42. The van der Waals surface area contributed by atoms with Crippen LogP contribution >= 0.6 is 0 Å². The number of nitrogens with one attached hydrogen (secondary N) is 1. The fraction of sp³-hybridized carbons (Fsp3) is 0.353. The largest absolute Gasteiger partial charge is 0.362 e. The van der Waals surface area contributed by atoms with E-state index in [1.165, 1.54) is 0 Å². The molecule has 0 spiro atoms. The fourth-order valence-electron chi connectivity index (χ4n) is 3.13. The van der Waals surface area contributed by atoms with Crippen molar-refractivity contribution in [3.63, 3.8) is 0 Å². The molecule has 0 fully saturated rings. The van der Waals surface area contributed by atoms with Gasteiger partial charge in [0.25, 0.3) is 0 Å². The summed E-state index contributed by atoms with van der Waals surface area (Å²) in [4.78, 5) is 16.0. The number of carbonyl (C=O) groups is 1. The molecule has 0 amide bonds. The van der Waals surface area contributed by atoms with E-state index in [2.05, 4.69) is 4.98 Å². The van der Waals surface area contributed by atoms with Gasteiger partial charge in [0.05, 0.1) is 4.90 Å². The third kappa shape index (κ3) is 2.29. The molecule has 0 radical (unpaired) electrons. The summed E-state index contributed by atoms with van der Waals surface area (Å²) < 4.78 is 25.9. The zero-order valence-electron chi connectivity index (χ0n) is 12.7. The smallest absolute Gasteiger partial charge is 0.192 e. The number of carbonyl (C=O) groups excluding carboxylic acids is 1. The van der Waals surface area contributed by atoms with Gasteiger partial charge in [-0.2, -0.15) is 0 Å². The molecule has 0 saturated carbocycles. The predicted octanol–water partition coefficient (Wildman–Crippen LogP) is 3.17. The Morgan fingerprint density at radius 1 is 1.23 bits per heavy atom. The SMILES string of the molecule is CCc1cc2c([nH]1)C(C)CC(=O)C2S(=O)(=O)c1ccccc1. The molecule has 1 aromatic carbocycles. The van der Waals surface area contributed by atoms with Crippen LogP contribution in [0.2, 0.25) is 0 Å². The van der Waals surface area contributed by atoms with E-state index in [1.54, 1.807) is 30.3 Å². The number of hydrogen-bond acceptors (Lipinski definition) is 3. The van der Waals surface area contributed by atoms with Crippen molar-refractivity contribution in [2.24, 2.45) is 0 Å². The van der Waals surface area contributed by atoms with E-state index in [0.29, 0.717) is 5.56 Å². The molecule has 3 rings (SSSR count). The van der Waals surface area contributed by atoms with Crippen LogP contribution in [0.15, 0.2) is 41.3 Å². The zero-order chi connectivity index (χ0) is 15.9. The average molecular weight is 317 g/mol. The van der Waals surface area contributed by atoms with Gasteiger partial charge in [0, 0.05) is 23.7 Å². The molecule has 4 nitrogen and oxygen atoms in total. The first-order chi connectivity index (χ1) is 10.4. The van der Waals surface area contributed by atoms with Crippen LogP contribution in [0, 0.1) is 0 Å².